The summed E-state index contributed by atoms with van der Waals surface area (Å²) in [6, 6.07) is 3.52. The van der Waals surface area contributed by atoms with Crippen molar-refractivity contribution in [3.8, 4) is 0 Å². The fourth-order valence-electron chi connectivity index (χ4n) is 1.24. The fourth-order valence-corrected chi connectivity index (χ4v) is 1.67. The number of halogens is 4. The molecule has 7 heteroatoms. The van der Waals surface area contributed by atoms with Gasteiger partial charge in [-0.05, 0) is 28.1 Å². The van der Waals surface area contributed by atoms with Gasteiger partial charge >= 0.3 is 6.18 Å². The third-order valence-electron chi connectivity index (χ3n) is 1.93. The normalized spacial score (nSPS) is 12.0. The van der Waals surface area contributed by atoms with E-state index in [0.717, 1.165) is 4.40 Å². The molecule has 0 N–H and O–H groups in total. The average molecular weight is 293 g/mol. The van der Waals surface area contributed by atoms with Crippen LogP contribution in [-0.2, 0) is 6.18 Å². The van der Waals surface area contributed by atoms with E-state index in [2.05, 4.69) is 20.9 Å². The SMILES string of the molecule is O=c1cc(C(F)(F)F)nc2c(Br)cccn12. The molecule has 0 saturated carbocycles. The molecule has 0 amide bonds. The molecule has 0 saturated heterocycles. The minimum Gasteiger partial charge on any atom is -0.269 e. The second-order valence-electron chi connectivity index (χ2n) is 3.03. The summed E-state index contributed by atoms with van der Waals surface area (Å²) >= 11 is 3.04. The van der Waals surface area contributed by atoms with E-state index in [9.17, 15) is 18.0 Å². The van der Waals surface area contributed by atoms with Crippen LogP contribution >= 0.6 is 15.9 Å². The highest BCUT2D eigenvalue weighted by atomic mass is 79.9. The summed E-state index contributed by atoms with van der Waals surface area (Å²) in [6.07, 6.45) is -3.27. The van der Waals surface area contributed by atoms with Crippen molar-refractivity contribution < 1.29 is 13.2 Å². The molecule has 0 radical (unpaired) electrons. The molecule has 0 aliphatic carbocycles. The lowest BCUT2D eigenvalue weighted by atomic mass is 10.3. The summed E-state index contributed by atoms with van der Waals surface area (Å²) in [4.78, 5) is 14.8. The van der Waals surface area contributed by atoms with Crippen LogP contribution in [0.1, 0.15) is 5.69 Å². The topological polar surface area (TPSA) is 34.4 Å². The van der Waals surface area contributed by atoms with Crippen molar-refractivity contribution in [3.05, 3.63) is 44.9 Å². The Hall–Kier alpha value is -1.37. The standard InChI is InChI=1S/C9H4BrF3N2O/c10-5-2-1-3-15-7(16)4-6(9(11,12)13)14-8(5)15/h1-4H. The van der Waals surface area contributed by atoms with Crippen molar-refractivity contribution in [2.75, 3.05) is 0 Å². The largest absolute Gasteiger partial charge is 0.433 e. The van der Waals surface area contributed by atoms with Gasteiger partial charge in [0.1, 0.15) is 0 Å². The first-order valence-corrected chi connectivity index (χ1v) is 4.94. The summed E-state index contributed by atoms with van der Waals surface area (Å²) in [7, 11) is 0. The van der Waals surface area contributed by atoms with Gasteiger partial charge in [0.05, 0.1) is 4.47 Å². The Morgan fingerprint density at radius 1 is 1.38 bits per heavy atom. The predicted octanol–water partition coefficient (Wildman–Crippen LogP) is 2.48. The molecule has 16 heavy (non-hydrogen) atoms. The molecule has 0 aromatic carbocycles. The number of fused-ring (bicyclic) bond motifs is 1. The zero-order valence-electron chi connectivity index (χ0n) is 7.62. The number of alkyl halides is 3. The number of nitrogens with zero attached hydrogens (tertiary/aromatic N) is 2. The molecule has 0 aliphatic heterocycles. The van der Waals surface area contributed by atoms with E-state index in [-0.39, 0.29) is 5.65 Å². The van der Waals surface area contributed by atoms with Crippen LogP contribution < -0.4 is 5.56 Å². The highest BCUT2D eigenvalue weighted by molar-refractivity contribution is 9.10. The Morgan fingerprint density at radius 2 is 2.06 bits per heavy atom. The first kappa shape index (κ1) is 11.1. The molecule has 0 unspecified atom stereocenters. The Morgan fingerprint density at radius 3 is 2.69 bits per heavy atom. The van der Waals surface area contributed by atoms with E-state index in [4.69, 9.17) is 0 Å². The van der Waals surface area contributed by atoms with Crippen molar-refractivity contribution in [1.82, 2.24) is 9.38 Å². The lowest BCUT2D eigenvalue weighted by Crippen LogP contribution is -2.19. The zero-order valence-corrected chi connectivity index (χ0v) is 9.21. The average Bonchev–Trinajstić information content (AvgIpc) is 2.18. The molecule has 0 fully saturated rings. The summed E-state index contributed by atoms with van der Waals surface area (Å²) in [5.41, 5.74) is -2.01. The summed E-state index contributed by atoms with van der Waals surface area (Å²) < 4.78 is 38.6. The van der Waals surface area contributed by atoms with Gasteiger partial charge in [-0.25, -0.2) is 4.98 Å². The number of aromatic nitrogens is 2. The minimum atomic E-state index is -4.62. The second kappa shape index (κ2) is 3.58. The molecule has 2 rings (SSSR count). The molecule has 84 valence electrons. The predicted molar refractivity (Wildman–Crippen MR) is 54.2 cm³/mol. The van der Waals surface area contributed by atoms with Crippen LogP contribution in [0.5, 0.6) is 0 Å². The van der Waals surface area contributed by atoms with Crippen LogP contribution in [-0.4, -0.2) is 9.38 Å². The Labute approximate surface area is 95.7 Å². The molecule has 2 aromatic rings. The first-order chi connectivity index (χ1) is 7.39. The van der Waals surface area contributed by atoms with Crippen molar-refractivity contribution in [2.24, 2.45) is 0 Å². The van der Waals surface area contributed by atoms with Crippen molar-refractivity contribution in [3.63, 3.8) is 0 Å². The van der Waals surface area contributed by atoms with Gasteiger partial charge in [-0.3, -0.25) is 9.20 Å². The zero-order chi connectivity index (χ0) is 11.9. The summed E-state index contributed by atoms with van der Waals surface area (Å²) in [5.74, 6) is 0. The van der Waals surface area contributed by atoms with Gasteiger partial charge in [0, 0.05) is 12.3 Å². The number of pyridine rings is 1. The fraction of sp³-hybridized carbons (Fsp3) is 0.111. The quantitative estimate of drug-likeness (QED) is 0.748. The van der Waals surface area contributed by atoms with Crippen molar-refractivity contribution >= 4 is 21.6 Å². The Balaban J connectivity index is 2.86. The van der Waals surface area contributed by atoms with Crippen molar-refractivity contribution in [2.45, 2.75) is 6.18 Å². The van der Waals surface area contributed by atoms with Gasteiger partial charge in [-0.2, -0.15) is 13.2 Å². The summed E-state index contributed by atoms with van der Waals surface area (Å²) in [5, 5.41) is 0. The molecule has 0 bridgehead atoms. The van der Waals surface area contributed by atoms with E-state index in [1.807, 2.05) is 0 Å². The van der Waals surface area contributed by atoms with Gasteiger partial charge in [0.25, 0.3) is 5.56 Å². The van der Waals surface area contributed by atoms with Crippen LogP contribution in [0.15, 0.2) is 33.7 Å². The number of hydrogen-bond acceptors (Lipinski definition) is 2. The number of rotatable bonds is 0. The molecular weight excluding hydrogens is 289 g/mol. The molecule has 0 aliphatic rings. The minimum absolute atomic E-state index is 0.0534. The lowest BCUT2D eigenvalue weighted by Gasteiger charge is -2.07. The van der Waals surface area contributed by atoms with Crippen LogP contribution in [0.2, 0.25) is 0 Å². The van der Waals surface area contributed by atoms with Gasteiger partial charge in [0.2, 0.25) is 0 Å². The van der Waals surface area contributed by atoms with Crippen LogP contribution in [0.25, 0.3) is 5.65 Å². The Kier molecular flexibility index (Phi) is 2.49. The molecule has 0 atom stereocenters. The van der Waals surface area contributed by atoms with E-state index in [1.54, 1.807) is 0 Å². The highest BCUT2D eigenvalue weighted by Crippen LogP contribution is 2.27. The van der Waals surface area contributed by atoms with Gasteiger partial charge in [-0.1, -0.05) is 0 Å². The van der Waals surface area contributed by atoms with E-state index < -0.39 is 17.4 Å². The summed E-state index contributed by atoms with van der Waals surface area (Å²) in [6.45, 7) is 0. The molecular formula is C9H4BrF3N2O. The molecule has 2 heterocycles. The lowest BCUT2D eigenvalue weighted by molar-refractivity contribution is -0.141. The maximum atomic E-state index is 12.4. The second-order valence-corrected chi connectivity index (χ2v) is 3.88. The van der Waals surface area contributed by atoms with E-state index >= 15 is 0 Å². The maximum absolute atomic E-state index is 12.4. The third-order valence-corrected chi connectivity index (χ3v) is 2.55. The third kappa shape index (κ3) is 1.82. The van der Waals surface area contributed by atoms with Crippen LogP contribution in [0.3, 0.4) is 0 Å². The molecule has 0 spiro atoms. The van der Waals surface area contributed by atoms with E-state index in [0.29, 0.717) is 10.5 Å². The monoisotopic (exact) mass is 292 g/mol. The molecule has 2 aromatic heterocycles. The highest BCUT2D eigenvalue weighted by Gasteiger charge is 2.33. The van der Waals surface area contributed by atoms with Gasteiger partial charge in [-0.15, -0.1) is 0 Å². The van der Waals surface area contributed by atoms with Gasteiger partial charge < -0.3 is 0 Å². The van der Waals surface area contributed by atoms with Crippen molar-refractivity contribution in [1.29, 1.82) is 0 Å². The molecule has 3 nitrogen and oxygen atoms in total. The first-order valence-electron chi connectivity index (χ1n) is 4.15. The Bertz CT molecular complexity index is 606. The maximum Gasteiger partial charge on any atom is 0.433 e. The van der Waals surface area contributed by atoms with E-state index in [1.165, 1.54) is 18.3 Å². The van der Waals surface area contributed by atoms with Crippen LogP contribution in [0.4, 0.5) is 13.2 Å². The number of hydrogen-bond donors (Lipinski definition) is 0. The smallest absolute Gasteiger partial charge is 0.269 e. The van der Waals surface area contributed by atoms with Gasteiger partial charge in [0.15, 0.2) is 11.3 Å². The van der Waals surface area contributed by atoms with Crippen LogP contribution in [0, 0.1) is 0 Å².